The molecule has 1 N–H and O–H groups in total. The van der Waals surface area contributed by atoms with E-state index >= 15 is 0 Å². The molecule has 1 aromatic rings. The number of hydrogen-bond donors (Lipinski definition) is 1. The van der Waals surface area contributed by atoms with Crippen LogP contribution in [0.3, 0.4) is 0 Å². The van der Waals surface area contributed by atoms with Gasteiger partial charge in [0.15, 0.2) is 0 Å². The van der Waals surface area contributed by atoms with Gasteiger partial charge in [-0.1, -0.05) is 26.7 Å². The van der Waals surface area contributed by atoms with E-state index in [9.17, 15) is 4.79 Å². The Kier molecular flexibility index (Phi) is 8.00. The first kappa shape index (κ1) is 18.5. The fraction of sp³-hybridized carbons (Fsp3) is 0.632. The molecule has 1 atom stereocenters. The summed E-state index contributed by atoms with van der Waals surface area (Å²) in [6, 6.07) is 6.30. The van der Waals surface area contributed by atoms with Crippen molar-refractivity contribution in [2.45, 2.75) is 60.3 Å². The summed E-state index contributed by atoms with van der Waals surface area (Å²) in [6.07, 6.45) is 4.14. The molecule has 1 aromatic carbocycles. The molecule has 3 nitrogen and oxygen atoms in total. The van der Waals surface area contributed by atoms with Crippen LogP contribution in [0.1, 0.15) is 58.9 Å². The maximum absolute atomic E-state index is 12.4. The molecular formula is C19H32N2O. The van der Waals surface area contributed by atoms with Gasteiger partial charge in [-0.05, 0) is 57.4 Å². The molecule has 0 saturated carbocycles. The molecule has 0 aliphatic carbocycles. The van der Waals surface area contributed by atoms with E-state index in [1.54, 1.807) is 0 Å². The summed E-state index contributed by atoms with van der Waals surface area (Å²) in [5.74, 6) is 0.288. The monoisotopic (exact) mass is 304 g/mol. The van der Waals surface area contributed by atoms with Gasteiger partial charge in [0, 0.05) is 30.4 Å². The molecule has 1 unspecified atom stereocenters. The normalized spacial score (nSPS) is 12.0. The lowest BCUT2D eigenvalue weighted by atomic mass is 9.98. The quantitative estimate of drug-likeness (QED) is 0.696. The van der Waals surface area contributed by atoms with Crippen LogP contribution in [0.15, 0.2) is 18.2 Å². The summed E-state index contributed by atoms with van der Waals surface area (Å²) in [6.45, 7) is 12.6. The van der Waals surface area contributed by atoms with Crippen LogP contribution in [0.5, 0.6) is 0 Å². The van der Waals surface area contributed by atoms with Crippen LogP contribution in [-0.2, 0) is 4.79 Å². The first-order valence-corrected chi connectivity index (χ1v) is 8.73. The number of nitrogens with zero attached hydrogens (tertiary/aromatic N) is 1. The van der Waals surface area contributed by atoms with Gasteiger partial charge in [0.05, 0.1) is 0 Å². The van der Waals surface area contributed by atoms with Gasteiger partial charge in [-0.2, -0.15) is 0 Å². The van der Waals surface area contributed by atoms with Crippen LogP contribution in [0, 0.1) is 12.8 Å². The Labute approximate surface area is 136 Å². The molecule has 0 aliphatic heterocycles. The highest BCUT2D eigenvalue weighted by atomic mass is 16.1. The predicted octanol–water partition coefficient (Wildman–Crippen LogP) is 5.00. The number of rotatable bonds is 9. The Hall–Kier alpha value is -1.51. The van der Waals surface area contributed by atoms with Crippen LogP contribution < -0.4 is 10.2 Å². The largest absolute Gasteiger partial charge is 0.372 e. The Balaban J connectivity index is 2.79. The predicted molar refractivity (Wildman–Crippen MR) is 96.7 cm³/mol. The van der Waals surface area contributed by atoms with E-state index < -0.39 is 0 Å². The molecule has 1 rings (SSSR count). The second-order valence-electron chi connectivity index (χ2n) is 5.91. The molecule has 1 amide bonds. The third-order valence-corrected chi connectivity index (χ3v) is 4.37. The van der Waals surface area contributed by atoms with Gasteiger partial charge in [0.2, 0.25) is 5.91 Å². The topological polar surface area (TPSA) is 32.3 Å². The number of aryl methyl sites for hydroxylation is 1. The van der Waals surface area contributed by atoms with Crippen LogP contribution in [-0.4, -0.2) is 19.0 Å². The molecular weight excluding hydrogens is 272 g/mol. The van der Waals surface area contributed by atoms with Crippen molar-refractivity contribution in [3.8, 4) is 0 Å². The third-order valence-electron chi connectivity index (χ3n) is 4.37. The lowest BCUT2D eigenvalue weighted by molar-refractivity contribution is -0.120. The van der Waals surface area contributed by atoms with Gasteiger partial charge in [-0.15, -0.1) is 0 Å². The van der Waals surface area contributed by atoms with E-state index in [0.29, 0.717) is 0 Å². The number of unbranched alkanes of at least 4 members (excludes halogenated alkanes) is 1. The van der Waals surface area contributed by atoms with Crippen molar-refractivity contribution in [3.63, 3.8) is 0 Å². The Bertz CT molecular complexity index is 467. The van der Waals surface area contributed by atoms with Crippen molar-refractivity contribution in [3.05, 3.63) is 23.8 Å². The number of nitrogens with one attached hydrogen (secondary N) is 1. The van der Waals surface area contributed by atoms with Crippen molar-refractivity contribution >= 4 is 17.3 Å². The van der Waals surface area contributed by atoms with Gasteiger partial charge in [0.25, 0.3) is 0 Å². The van der Waals surface area contributed by atoms with E-state index in [2.05, 4.69) is 57.0 Å². The van der Waals surface area contributed by atoms with Crippen LogP contribution in [0.2, 0.25) is 0 Å². The third kappa shape index (κ3) is 5.04. The van der Waals surface area contributed by atoms with Crippen molar-refractivity contribution in [2.24, 2.45) is 5.92 Å². The average Bonchev–Trinajstić information content (AvgIpc) is 2.52. The van der Waals surface area contributed by atoms with E-state index in [0.717, 1.165) is 50.0 Å². The fourth-order valence-electron chi connectivity index (χ4n) is 2.78. The van der Waals surface area contributed by atoms with Crippen molar-refractivity contribution in [1.82, 2.24) is 0 Å². The Morgan fingerprint density at radius 2 is 1.86 bits per heavy atom. The first-order chi connectivity index (χ1) is 10.6. The van der Waals surface area contributed by atoms with Gasteiger partial charge < -0.3 is 10.2 Å². The second-order valence-corrected chi connectivity index (χ2v) is 5.91. The Morgan fingerprint density at radius 1 is 1.18 bits per heavy atom. The summed E-state index contributed by atoms with van der Waals surface area (Å²) < 4.78 is 0. The number of benzene rings is 1. The van der Waals surface area contributed by atoms with E-state index in [1.165, 1.54) is 5.69 Å². The fourth-order valence-corrected chi connectivity index (χ4v) is 2.78. The molecule has 0 fully saturated rings. The van der Waals surface area contributed by atoms with Crippen LogP contribution in [0.4, 0.5) is 11.4 Å². The summed E-state index contributed by atoms with van der Waals surface area (Å²) in [4.78, 5) is 14.7. The minimum absolute atomic E-state index is 0.127. The van der Waals surface area contributed by atoms with Crippen LogP contribution >= 0.6 is 0 Å². The smallest absolute Gasteiger partial charge is 0.227 e. The van der Waals surface area contributed by atoms with Crippen molar-refractivity contribution in [1.29, 1.82) is 0 Å². The van der Waals surface area contributed by atoms with Gasteiger partial charge in [-0.3, -0.25) is 4.79 Å². The number of carbonyl (C=O) groups is 1. The lowest BCUT2D eigenvalue weighted by Crippen LogP contribution is -2.24. The molecule has 0 radical (unpaired) electrons. The maximum Gasteiger partial charge on any atom is 0.227 e. The minimum Gasteiger partial charge on any atom is -0.372 e. The summed E-state index contributed by atoms with van der Waals surface area (Å²) in [7, 11) is 0. The number of anilines is 2. The SMILES string of the molecule is CCCCC(CC)C(=O)Nc1ccc(N(CC)CC)cc1C. The van der Waals surface area contributed by atoms with E-state index in [1.807, 2.05) is 6.07 Å². The second kappa shape index (κ2) is 9.50. The number of amides is 1. The molecule has 0 saturated heterocycles. The van der Waals surface area contributed by atoms with Crippen molar-refractivity contribution in [2.75, 3.05) is 23.3 Å². The number of carbonyl (C=O) groups excluding carboxylic acids is 1. The van der Waals surface area contributed by atoms with E-state index in [4.69, 9.17) is 0 Å². The highest BCUT2D eigenvalue weighted by molar-refractivity contribution is 5.93. The maximum atomic E-state index is 12.4. The molecule has 0 heterocycles. The summed E-state index contributed by atoms with van der Waals surface area (Å²) in [5, 5.41) is 3.11. The zero-order valence-corrected chi connectivity index (χ0v) is 14.9. The number of hydrogen-bond acceptors (Lipinski definition) is 2. The zero-order valence-electron chi connectivity index (χ0n) is 14.9. The van der Waals surface area contributed by atoms with Gasteiger partial charge in [0.1, 0.15) is 0 Å². The average molecular weight is 304 g/mol. The molecule has 3 heteroatoms. The van der Waals surface area contributed by atoms with E-state index in [-0.39, 0.29) is 11.8 Å². The van der Waals surface area contributed by atoms with Gasteiger partial charge >= 0.3 is 0 Å². The minimum atomic E-state index is 0.127. The molecule has 0 spiro atoms. The molecule has 124 valence electrons. The standard InChI is InChI=1S/C19H32N2O/c1-6-10-11-16(7-2)19(22)20-18-13-12-17(14-15(18)5)21(8-3)9-4/h12-14,16H,6-11H2,1-5H3,(H,20,22). The molecule has 22 heavy (non-hydrogen) atoms. The van der Waals surface area contributed by atoms with Gasteiger partial charge in [-0.25, -0.2) is 0 Å². The lowest BCUT2D eigenvalue weighted by Gasteiger charge is -2.22. The van der Waals surface area contributed by atoms with Crippen molar-refractivity contribution < 1.29 is 4.79 Å². The summed E-state index contributed by atoms with van der Waals surface area (Å²) in [5.41, 5.74) is 3.29. The van der Waals surface area contributed by atoms with Crippen LogP contribution in [0.25, 0.3) is 0 Å². The Morgan fingerprint density at radius 3 is 2.36 bits per heavy atom. The highest BCUT2D eigenvalue weighted by Gasteiger charge is 2.16. The highest BCUT2D eigenvalue weighted by Crippen LogP contribution is 2.24. The molecule has 0 aliphatic rings. The zero-order chi connectivity index (χ0) is 16.5. The first-order valence-electron chi connectivity index (χ1n) is 8.73. The molecule has 0 bridgehead atoms. The molecule has 0 aromatic heterocycles. The summed E-state index contributed by atoms with van der Waals surface area (Å²) >= 11 is 0.